The Hall–Kier alpha value is -4.06. The number of phenols is 1. The van der Waals surface area contributed by atoms with Gasteiger partial charge in [0.25, 0.3) is 5.91 Å². The normalized spacial score (nSPS) is 14.9. The number of carbonyl (C=O) groups is 1. The van der Waals surface area contributed by atoms with Gasteiger partial charge in [-0.05, 0) is 67.3 Å². The zero-order chi connectivity index (χ0) is 24.5. The highest BCUT2D eigenvalue weighted by atomic mass is 16.5. The Morgan fingerprint density at radius 2 is 1.80 bits per heavy atom. The average Bonchev–Trinajstić information content (AvgIpc) is 3.37. The molecule has 178 valence electrons. The molecule has 1 aromatic heterocycles. The number of H-pyrrole nitrogens is 1. The number of nitrogens with zero attached hydrogens (tertiary/aromatic N) is 2. The van der Waals surface area contributed by atoms with E-state index < -0.39 is 0 Å². The summed E-state index contributed by atoms with van der Waals surface area (Å²) in [6.45, 7) is 6.65. The van der Waals surface area contributed by atoms with Crippen molar-refractivity contribution in [2.24, 2.45) is 0 Å². The first kappa shape index (κ1) is 22.7. The van der Waals surface area contributed by atoms with Gasteiger partial charge >= 0.3 is 0 Å². The summed E-state index contributed by atoms with van der Waals surface area (Å²) in [6, 6.07) is 20.9. The highest BCUT2D eigenvalue weighted by molar-refractivity contribution is 6.00. The van der Waals surface area contributed by atoms with Gasteiger partial charge in [0, 0.05) is 17.7 Å². The van der Waals surface area contributed by atoms with Gasteiger partial charge in [-0.2, -0.15) is 5.10 Å². The van der Waals surface area contributed by atoms with Crippen LogP contribution in [0.15, 0.2) is 66.7 Å². The molecule has 1 aliphatic rings. The lowest BCUT2D eigenvalue weighted by molar-refractivity contribution is 0.0741. The number of hydrogen-bond donors (Lipinski definition) is 2. The maximum Gasteiger partial charge on any atom is 0.273 e. The van der Waals surface area contributed by atoms with Crippen molar-refractivity contribution in [3.05, 3.63) is 94.7 Å². The molecular weight excluding hydrogens is 438 g/mol. The van der Waals surface area contributed by atoms with Crippen molar-refractivity contribution in [3.8, 4) is 28.5 Å². The van der Waals surface area contributed by atoms with Crippen molar-refractivity contribution in [1.82, 2.24) is 15.1 Å². The van der Waals surface area contributed by atoms with Crippen LogP contribution in [0.25, 0.3) is 11.3 Å². The molecule has 1 atom stereocenters. The minimum Gasteiger partial charge on any atom is -0.507 e. The van der Waals surface area contributed by atoms with E-state index in [1.54, 1.807) is 6.07 Å². The maximum atomic E-state index is 13.5. The molecule has 0 radical (unpaired) electrons. The van der Waals surface area contributed by atoms with Crippen molar-refractivity contribution in [2.45, 2.75) is 39.7 Å². The molecule has 2 heterocycles. The molecule has 1 aliphatic heterocycles. The van der Waals surface area contributed by atoms with Crippen LogP contribution in [-0.2, 0) is 0 Å². The number of fused-ring (bicyclic) bond motifs is 1. The fourth-order valence-electron chi connectivity index (χ4n) is 4.92. The monoisotopic (exact) mass is 467 g/mol. The van der Waals surface area contributed by atoms with Gasteiger partial charge in [-0.3, -0.25) is 9.89 Å². The largest absolute Gasteiger partial charge is 0.507 e. The van der Waals surface area contributed by atoms with Gasteiger partial charge in [-0.1, -0.05) is 49.7 Å². The van der Waals surface area contributed by atoms with Crippen molar-refractivity contribution in [2.75, 3.05) is 6.54 Å². The Labute approximate surface area is 205 Å². The summed E-state index contributed by atoms with van der Waals surface area (Å²) in [5.41, 5.74) is 5.37. The fraction of sp³-hybridized carbons (Fsp3) is 0.241. The number of benzene rings is 3. The van der Waals surface area contributed by atoms with Crippen LogP contribution in [0.3, 0.4) is 0 Å². The van der Waals surface area contributed by atoms with Gasteiger partial charge in [-0.15, -0.1) is 0 Å². The predicted octanol–water partition coefficient (Wildman–Crippen LogP) is 6.54. The van der Waals surface area contributed by atoms with Gasteiger partial charge in [-0.25, -0.2) is 0 Å². The topological polar surface area (TPSA) is 78.5 Å². The summed E-state index contributed by atoms with van der Waals surface area (Å²) in [6.07, 6.45) is 1.87. The van der Waals surface area contributed by atoms with Gasteiger partial charge in [0.15, 0.2) is 0 Å². The third kappa shape index (κ3) is 4.16. The summed E-state index contributed by atoms with van der Waals surface area (Å²) in [5.74, 6) is 1.54. The number of para-hydroxylation sites is 1. The van der Waals surface area contributed by atoms with E-state index in [2.05, 4.69) is 17.1 Å². The molecule has 35 heavy (non-hydrogen) atoms. The standard InChI is InChI=1S/C29H29N3O3/c1-4-5-14-32-28(20-10-9-13-22(17-20)35-21-11-7-6-8-12-21)25-26(30-31-27(25)29(32)34)24-19(3)15-18(2)16-23(24)33/h6-13,15-17,28,33H,4-5,14H2,1-3H3,(H,30,31). The van der Waals surface area contributed by atoms with Crippen LogP contribution in [0.4, 0.5) is 0 Å². The van der Waals surface area contributed by atoms with Crippen LogP contribution < -0.4 is 4.74 Å². The second kappa shape index (κ2) is 9.29. The van der Waals surface area contributed by atoms with Crippen LogP contribution in [0.1, 0.15) is 58.5 Å². The Morgan fingerprint density at radius 3 is 2.54 bits per heavy atom. The van der Waals surface area contributed by atoms with E-state index in [9.17, 15) is 9.90 Å². The number of hydrogen-bond acceptors (Lipinski definition) is 4. The molecular formula is C29H29N3O3. The van der Waals surface area contributed by atoms with Crippen molar-refractivity contribution < 1.29 is 14.6 Å². The number of nitrogens with one attached hydrogen (secondary N) is 1. The number of unbranched alkanes of at least 4 members (excludes halogenated alkanes) is 1. The minimum absolute atomic E-state index is 0.0733. The molecule has 0 saturated carbocycles. The molecule has 6 nitrogen and oxygen atoms in total. The van der Waals surface area contributed by atoms with Gasteiger partial charge in [0.05, 0.1) is 6.04 Å². The van der Waals surface area contributed by atoms with E-state index in [0.717, 1.165) is 40.8 Å². The second-order valence-corrected chi connectivity index (χ2v) is 9.08. The van der Waals surface area contributed by atoms with Crippen LogP contribution >= 0.6 is 0 Å². The van der Waals surface area contributed by atoms with Crippen molar-refractivity contribution in [1.29, 1.82) is 0 Å². The van der Waals surface area contributed by atoms with E-state index in [-0.39, 0.29) is 17.7 Å². The number of aromatic hydroxyl groups is 1. The summed E-state index contributed by atoms with van der Waals surface area (Å²) < 4.78 is 6.09. The molecule has 3 aromatic carbocycles. The lowest BCUT2D eigenvalue weighted by Crippen LogP contribution is -2.30. The number of phenolic OH excluding ortho intramolecular Hbond substituents is 1. The Kier molecular flexibility index (Phi) is 6.03. The first-order valence-electron chi connectivity index (χ1n) is 12.0. The van der Waals surface area contributed by atoms with E-state index in [1.165, 1.54) is 0 Å². The molecule has 1 amide bonds. The lowest BCUT2D eigenvalue weighted by atomic mass is 9.93. The molecule has 1 unspecified atom stereocenters. The van der Waals surface area contributed by atoms with E-state index >= 15 is 0 Å². The summed E-state index contributed by atoms with van der Waals surface area (Å²) in [7, 11) is 0. The molecule has 0 fully saturated rings. The van der Waals surface area contributed by atoms with Gasteiger partial charge < -0.3 is 14.7 Å². The SMILES string of the molecule is CCCCN1C(=O)c2[nH]nc(-c3c(C)cc(C)cc3O)c2C1c1cccc(Oc2ccccc2)c1. The molecule has 5 rings (SSSR count). The number of amides is 1. The Morgan fingerprint density at radius 1 is 1.03 bits per heavy atom. The predicted molar refractivity (Wildman–Crippen MR) is 136 cm³/mol. The average molecular weight is 468 g/mol. The highest BCUT2D eigenvalue weighted by Gasteiger charge is 2.42. The van der Waals surface area contributed by atoms with Crippen LogP contribution in [0.5, 0.6) is 17.2 Å². The van der Waals surface area contributed by atoms with Crippen molar-refractivity contribution >= 4 is 5.91 Å². The highest BCUT2D eigenvalue weighted by Crippen LogP contribution is 2.46. The van der Waals surface area contributed by atoms with E-state index in [4.69, 9.17) is 4.74 Å². The third-order valence-electron chi connectivity index (χ3n) is 6.46. The first-order chi connectivity index (χ1) is 17.0. The first-order valence-corrected chi connectivity index (χ1v) is 12.0. The molecule has 6 heteroatoms. The summed E-state index contributed by atoms with van der Waals surface area (Å²) in [4.78, 5) is 15.4. The van der Waals surface area contributed by atoms with E-state index in [0.29, 0.717) is 29.2 Å². The van der Waals surface area contributed by atoms with Crippen LogP contribution in [0, 0.1) is 13.8 Å². The van der Waals surface area contributed by atoms with Crippen LogP contribution in [0.2, 0.25) is 0 Å². The van der Waals surface area contributed by atoms with Crippen LogP contribution in [-0.4, -0.2) is 32.7 Å². The number of aromatic nitrogens is 2. The Bertz CT molecular complexity index is 1350. The number of rotatable bonds is 7. The van der Waals surface area contributed by atoms with Gasteiger partial charge in [0.1, 0.15) is 28.6 Å². The molecule has 0 aliphatic carbocycles. The number of aromatic amines is 1. The second-order valence-electron chi connectivity index (χ2n) is 9.08. The molecule has 0 bridgehead atoms. The van der Waals surface area contributed by atoms with Crippen molar-refractivity contribution in [3.63, 3.8) is 0 Å². The molecule has 4 aromatic rings. The number of aryl methyl sites for hydroxylation is 2. The maximum absolute atomic E-state index is 13.5. The molecule has 0 spiro atoms. The molecule has 2 N–H and O–H groups in total. The zero-order valence-electron chi connectivity index (χ0n) is 20.2. The summed E-state index contributed by atoms with van der Waals surface area (Å²) in [5, 5.41) is 18.3. The number of carbonyl (C=O) groups excluding carboxylic acids is 1. The molecule has 0 saturated heterocycles. The fourth-order valence-corrected chi connectivity index (χ4v) is 4.92. The third-order valence-corrected chi connectivity index (χ3v) is 6.46. The van der Waals surface area contributed by atoms with E-state index in [1.807, 2.05) is 79.4 Å². The number of ether oxygens (including phenoxy) is 1. The van der Waals surface area contributed by atoms with Gasteiger partial charge in [0.2, 0.25) is 0 Å². The quantitative estimate of drug-likeness (QED) is 0.324. The minimum atomic E-state index is -0.336. The lowest BCUT2D eigenvalue weighted by Gasteiger charge is -2.27. The summed E-state index contributed by atoms with van der Waals surface area (Å²) >= 11 is 0. The smallest absolute Gasteiger partial charge is 0.273 e. The zero-order valence-corrected chi connectivity index (χ0v) is 20.2. The Balaban J connectivity index is 1.63.